The standard InChI is InChI=1S/C17H21FN2O2S/c1-13-9-10-15(18)11-17(13)23(21,22)19-16(12-20(2)3)14-7-5-4-6-8-14/h4-11,16,19H,12H2,1-3H3. The summed E-state index contributed by atoms with van der Waals surface area (Å²) in [5.74, 6) is -0.570. The minimum Gasteiger partial charge on any atom is -0.307 e. The van der Waals surface area contributed by atoms with E-state index in [0.29, 0.717) is 12.1 Å². The van der Waals surface area contributed by atoms with Gasteiger partial charge in [0.25, 0.3) is 0 Å². The van der Waals surface area contributed by atoms with Crippen LogP contribution in [-0.4, -0.2) is 34.0 Å². The van der Waals surface area contributed by atoms with Crippen molar-refractivity contribution in [2.45, 2.75) is 17.9 Å². The van der Waals surface area contributed by atoms with E-state index < -0.39 is 21.9 Å². The van der Waals surface area contributed by atoms with E-state index in [-0.39, 0.29) is 4.90 Å². The molecule has 0 radical (unpaired) electrons. The number of nitrogens with one attached hydrogen (secondary N) is 1. The SMILES string of the molecule is Cc1ccc(F)cc1S(=O)(=O)NC(CN(C)C)c1ccccc1. The van der Waals surface area contributed by atoms with Crippen molar-refractivity contribution < 1.29 is 12.8 Å². The first-order valence-corrected chi connectivity index (χ1v) is 8.76. The van der Waals surface area contributed by atoms with Crippen LogP contribution >= 0.6 is 0 Å². The Bertz CT molecular complexity index is 761. The molecule has 1 unspecified atom stereocenters. The van der Waals surface area contributed by atoms with Gasteiger partial charge in [-0.05, 0) is 44.3 Å². The Balaban J connectivity index is 2.36. The van der Waals surface area contributed by atoms with Crippen molar-refractivity contribution in [2.24, 2.45) is 0 Å². The second-order valence-corrected chi connectivity index (χ2v) is 7.44. The van der Waals surface area contributed by atoms with Crippen LogP contribution in [-0.2, 0) is 10.0 Å². The van der Waals surface area contributed by atoms with Gasteiger partial charge < -0.3 is 4.90 Å². The maximum Gasteiger partial charge on any atom is 0.241 e. The fourth-order valence-corrected chi connectivity index (χ4v) is 3.85. The predicted molar refractivity (Wildman–Crippen MR) is 89.2 cm³/mol. The molecule has 1 N–H and O–H groups in total. The van der Waals surface area contributed by atoms with Crippen LogP contribution in [0.2, 0.25) is 0 Å². The second-order valence-electron chi connectivity index (χ2n) is 5.76. The van der Waals surface area contributed by atoms with Crippen molar-refractivity contribution in [1.82, 2.24) is 9.62 Å². The van der Waals surface area contributed by atoms with E-state index in [4.69, 9.17) is 0 Å². The highest BCUT2D eigenvalue weighted by Crippen LogP contribution is 2.21. The molecule has 6 heteroatoms. The summed E-state index contributed by atoms with van der Waals surface area (Å²) in [5, 5.41) is 0. The number of hydrogen-bond acceptors (Lipinski definition) is 3. The van der Waals surface area contributed by atoms with Crippen LogP contribution in [0.3, 0.4) is 0 Å². The molecule has 0 heterocycles. The normalized spacial score (nSPS) is 13.3. The zero-order valence-electron chi connectivity index (χ0n) is 13.5. The second kappa shape index (κ2) is 7.21. The molecule has 0 spiro atoms. The number of nitrogens with zero attached hydrogens (tertiary/aromatic N) is 1. The summed E-state index contributed by atoms with van der Waals surface area (Å²) in [7, 11) is -0.0777. The van der Waals surface area contributed by atoms with Crippen LogP contribution in [0.1, 0.15) is 17.2 Å². The lowest BCUT2D eigenvalue weighted by Crippen LogP contribution is -2.35. The van der Waals surface area contributed by atoms with Gasteiger partial charge in [0.2, 0.25) is 10.0 Å². The average molecular weight is 336 g/mol. The summed E-state index contributed by atoms with van der Waals surface area (Å²) in [4.78, 5) is 1.87. The molecule has 0 saturated heterocycles. The van der Waals surface area contributed by atoms with E-state index in [1.54, 1.807) is 6.92 Å². The molecular weight excluding hydrogens is 315 g/mol. The number of halogens is 1. The molecule has 0 saturated carbocycles. The number of hydrogen-bond donors (Lipinski definition) is 1. The van der Waals surface area contributed by atoms with Crippen molar-refractivity contribution in [2.75, 3.05) is 20.6 Å². The minimum atomic E-state index is -3.82. The maximum atomic E-state index is 13.4. The van der Waals surface area contributed by atoms with Gasteiger partial charge in [-0.1, -0.05) is 36.4 Å². The Kier molecular flexibility index (Phi) is 5.51. The van der Waals surface area contributed by atoms with Gasteiger partial charge in [-0.2, -0.15) is 0 Å². The summed E-state index contributed by atoms with van der Waals surface area (Å²) in [5.41, 5.74) is 1.37. The molecule has 0 amide bonds. The van der Waals surface area contributed by atoms with Gasteiger partial charge in [-0.25, -0.2) is 17.5 Å². The van der Waals surface area contributed by atoms with Crippen LogP contribution < -0.4 is 4.72 Å². The van der Waals surface area contributed by atoms with E-state index in [2.05, 4.69) is 4.72 Å². The molecule has 2 aromatic rings. The highest BCUT2D eigenvalue weighted by Gasteiger charge is 2.23. The van der Waals surface area contributed by atoms with Gasteiger partial charge in [-0.15, -0.1) is 0 Å². The molecule has 0 aliphatic heterocycles. The topological polar surface area (TPSA) is 49.4 Å². The average Bonchev–Trinajstić information content (AvgIpc) is 2.49. The Morgan fingerprint density at radius 1 is 1.13 bits per heavy atom. The Morgan fingerprint density at radius 2 is 1.78 bits per heavy atom. The number of aryl methyl sites for hydroxylation is 1. The molecule has 0 aliphatic rings. The molecule has 0 aromatic heterocycles. The number of rotatable bonds is 6. The Hall–Kier alpha value is -1.76. The maximum absolute atomic E-state index is 13.4. The molecule has 0 bridgehead atoms. The minimum absolute atomic E-state index is 0.0304. The van der Waals surface area contributed by atoms with E-state index >= 15 is 0 Å². The highest BCUT2D eigenvalue weighted by molar-refractivity contribution is 7.89. The fraction of sp³-hybridized carbons (Fsp3) is 0.294. The molecule has 0 aliphatic carbocycles. The van der Waals surface area contributed by atoms with E-state index in [1.807, 2.05) is 49.3 Å². The molecule has 1 atom stereocenters. The Morgan fingerprint density at radius 3 is 2.39 bits per heavy atom. The van der Waals surface area contributed by atoms with E-state index in [1.165, 1.54) is 12.1 Å². The third-order valence-corrected chi connectivity index (χ3v) is 5.10. The molecule has 0 fully saturated rings. The first kappa shape index (κ1) is 17.6. The first-order chi connectivity index (χ1) is 10.8. The number of likely N-dealkylation sites (N-methyl/N-ethyl adjacent to an activating group) is 1. The van der Waals surface area contributed by atoms with Crippen LogP contribution in [0.25, 0.3) is 0 Å². The predicted octanol–water partition coefficient (Wildman–Crippen LogP) is 2.72. The summed E-state index contributed by atoms with van der Waals surface area (Å²) >= 11 is 0. The van der Waals surface area contributed by atoms with Gasteiger partial charge >= 0.3 is 0 Å². The van der Waals surface area contributed by atoms with Crippen molar-refractivity contribution in [3.8, 4) is 0 Å². The number of sulfonamides is 1. The summed E-state index contributed by atoms with van der Waals surface area (Å²) in [6.07, 6.45) is 0. The van der Waals surface area contributed by atoms with E-state index in [0.717, 1.165) is 11.6 Å². The quantitative estimate of drug-likeness (QED) is 0.882. The lowest BCUT2D eigenvalue weighted by Gasteiger charge is -2.23. The monoisotopic (exact) mass is 336 g/mol. The molecule has 4 nitrogen and oxygen atoms in total. The van der Waals surface area contributed by atoms with Gasteiger partial charge in [0.05, 0.1) is 10.9 Å². The molecular formula is C17H21FN2O2S. The molecule has 2 rings (SSSR count). The summed E-state index contributed by atoms with van der Waals surface area (Å²) in [6, 6.07) is 12.7. The number of benzene rings is 2. The van der Waals surface area contributed by atoms with Crippen molar-refractivity contribution in [1.29, 1.82) is 0 Å². The zero-order chi connectivity index (χ0) is 17.0. The lowest BCUT2D eigenvalue weighted by atomic mass is 10.1. The molecule has 124 valence electrons. The summed E-state index contributed by atoms with van der Waals surface area (Å²) < 4.78 is 41.5. The van der Waals surface area contributed by atoms with Crippen LogP contribution in [0.4, 0.5) is 4.39 Å². The fourth-order valence-electron chi connectivity index (χ4n) is 2.38. The smallest absolute Gasteiger partial charge is 0.241 e. The third kappa shape index (κ3) is 4.60. The van der Waals surface area contributed by atoms with Crippen molar-refractivity contribution >= 4 is 10.0 Å². The lowest BCUT2D eigenvalue weighted by molar-refractivity contribution is 0.363. The van der Waals surface area contributed by atoms with Gasteiger partial charge in [0.15, 0.2) is 0 Å². The van der Waals surface area contributed by atoms with Crippen molar-refractivity contribution in [3.63, 3.8) is 0 Å². The highest BCUT2D eigenvalue weighted by atomic mass is 32.2. The van der Waals surface area contributed by atoms with Crippen molar-refractivity contribution in [3.05, 3.63) is 65.5 Å². The van der Waals surface area contributed by atoms with Crippen LogP contribution in [0, 0.1) is 12.7 Å². The third-order valence-electron chi connectivity index (χ3n) is 3.49. The molecule has 2 aromatic carbocycles. The molecule has 23 heavy (non-hydrogen) atoms. The van der Waals surface area contributed by atoms with Crippen LogP contribution in [0.5, 0.6) is 0 Å². The largest absolute Gasteiger partial charge is 0.307 e. The van der Waals surface area contributed by atoms with Crippen LogP contribution in [0.15, 0.2) is 53.4 Å². The van der Waals surface area contributed by atoms with Gasteiger partial charge in [-0.3, -0.25) is 0 Å². The zero-order valence-corrected chi connectivity index (χ0v) is 14.3. The van der Waals surface area contributed by atoms with Gasteiger partial charge in [0, 0.05) is 6.54 Å². The van der Waals surface area contributed by atoms with E-state index in [9.17, 15) is 12.8 Å². The Labute approximate surface area is 137 Å². The summed E-state index contributed by atoms with van der Waals surface area (Å²) in [6.45, 7) is 2.15. The van der Waals surface area contributed by atoms with Gasteiger partial charge in [0.1, 0.15) is 5.82 Å². The first-order valence-electron chi connectivity index (χ1n) is 7.28.